The zero-order valence-electron chi connectivity index (χ0n) is 14.4. The van der Waals surface area contributed by atoms with Gasteiger partial charge < -0.3 is 10.4 Å². The number of aliphatic hydroxyl groups is 1. The number of nitrogens with zero attached hydrogens (tertiary/aromatic N) is 2. The van der Waals surface area contributed by atoms with Crippen LogP contribution in [0.5, 0.6) is 0 Å². The van der Waals surface area contributed by atoms with E-state index < -0.39 is 0 Å². The normalized spacial score (nSPS) is 10.7. The maximum absolute atomic E-state index is 12.6. The van der Waals surface area contributed by atoms with E-state index in [1.807, 2.05) is 61.0 Å². The Balaban J connectivity index is 1.79. The zero-order valence-corrected chi connectivity index (χ0v) is 14.4. The number of rotatable bonds is 5. The average Bonchev–Trinajstić information content (AvgIpc) is 2.98. The van der Waals surface area contributed by atoms with E-state index in [1.165, 1.54) is 0 Å². The third-order valence-corrected chi connectivity index (χ3v) is 4.26. The number of carbonyl (C=O) groups excluding carboxylic acids is 1. The number of benzene rings is 2. The summed E-state index contributed by atoms with van der Waals surface area (Å²) < 4.78 is 1.82. The smallest absolute Gasteiger partial charge is 0.259 e. The van der Waals surface area contributed by atoms with Crippen molar-refractivity contribution in [2.24, 2.45) is 0 Å². The molecule has 0 fully saturated rings. The van der Waals surface area contributed by atoms with Crippen LogP contribution in [-0.2, 0) is 13.2 Å². The molecule has 2 N–H and O–H groups in total. The van der Waals surface area contributed by atoms with Crippen molar-refractivity contribution < 1.29 is 9.90 Å². The predicted molar refractivity (Wildman–Crippen MR) is 97.6 cm³/mol. The van der Waals surface area contributed by atoms with E-state index in [9.17, 15) is 9.90 Å². The first-order chi connectivity index (χ1) is 12.1. The van der Waals surface area contributed by atoms with Crippen molar-refractivity contribution in [2.75, 3.05) is 5.32 Å². The largest absolute Gasteiger partial charge is 0.392 e. The highest BCUT2D eigenvalue weighted by Gasteiger charge is 2.15. The number of hydrogen-bond acceptors (Lipinski definition) is 3. The summed E-state index contributed by atoms with van der Waals surface area (Å²) in [6.45, 7) is 4.38. The topological polar surface area (TPSA) is 67.2 Å². The lowest BCUT2D eigenvalue weighted by atomic mass is 10.1. The standard InChI is InChI=1S/C20H21N3O2/c1-14-8-9-17(13-24)10-19(14)22-20(25)18-11-21-23(15(18)2)12-16-6-4-3-5-7-16/h3-11,24H,12-13H2,1-2H3,(H,22,25). The number of carbonyl (C=O) groups is 1. The number of hydrogen-bond donors (Lipinski definition) is 2. The molecule has 1 amide bonds. The van der Waals surface area contributed by atoms with Crippen LogP contribution in [0.2, 0.25) is 0 Å². The van der Waals surface area contributed by atoms with Crippen LogP contribution in [0.4, 0.5) is 5.69 Å². The van der Waals surface area contributed by atoms with Crippen LogP contribution < -0.4 is 5.32 Å². The Bertz CT molecular complexity index is 885. The first-order valence-corrected chi connectivity index (χ1v) is 8.16. The second kappa shape index (κ2) is 7.32. The maximum atomic E-state index is 12.6. The van der Waals surface area contributed by atoms with Crippen LogP contribution >= 0.6 is 0 Å². The van der Waals surface area contributed by atoms with Crippen molar-refractivity contribution in [2.45, 2.75) is 27.0 Å². The number of aromatic nitrogens is 2. The summed E-state index contributed by atoms with van der Waals surface area (Å²) in [6, 6.07) is 15.5. The van der Waals surface area contributed by atoms with Crippen LogP contribution in [0.1, 0.15) is 32.7 Å². The zero-order chi connectivity index (χ0) is 17.8. The molecule has 0 atom stereocenters. The number of aryl methyl sites for hydroxylation is 1. The maximum Gasteiger partial charge on any atom is 0.259 e. The molecule has 3 aromatic rings. The lowest BCUT2D eigenvalue weighted by Gasteiger charge is -2.10. The van der Waals surface area contributed by atoms with E-state index in [1.54, 1.807) is 12.3 Å². The van der Waals surface area contributed by atoms with Crippen LogP contribution in [0.3, 0.4) is 0 Å². The molecule has 5 nitrogen and oxygen atoms in total. The molecule has 0 aliphatic heterocycles. The van der Waals surface area contributed by atoms with Crippen molar-refractivity contribution in [3.05, 3.63) is 82.7 Å². The summed E-state index contributed by atoms with van der Waals surface area (Å²) >= 11 is 0. The van der Waals surface area contributed by atoms with Crippen LogP contribution in [-0.4, -0.2) is 20.8 Å². The van der Waals surface area contributed by atoms with E-state index in [0.717, 1.165) is 22.4 Å². The van der Waals surface area contributed by atoms with Crippen molar-refractivity contribution in [1.82, 2.24) is 9.78 Å². The molecule has 128 valence electrons. The summed E-state index contributed by atoms with van der Waals surface area (Å²) in [5, 5.41) is 16.5. The minimum Gasteiger partial charge on any atom is -0.392 e. The molecule has 0 saturated heterocycles. The van der Waals surface area contributed by atoms with Crippen molar-refractivity contribution >= 4 is 11.6 Å². The van der Waals surface area contributed by atoms with Gasteiger partial charge >= 0.3 is 0 Å². The van der Waals surface area contributed by atoms with Gasteiger partial charge in [-0.3, -0.25) is 9.48 Å². The molecule has 0 unspecified atom stereocenters. The summed E-state index contributed by atoms with van der Waals surface area (Å²) in [5.41, 5.74) is 4.90. The highest BCUT2D eigenvalue weighted by atomic mass is 16.3. The quantitative estimate of drug-likeness (QED) is 0.752. The summed E-state index contributed by atoms with van der Waals surface area (Å²) in [7, 11) is 0. The molecule has 25 heavy (non-hydrogen) atoms. The van der Waals surface area contributed by atoms with Gasteiger partial charge in [0.25, 0.3) is 5.91 Å². The molecule has 0 spiro atoms. The van der Waals surface area contributed by atoms with E-state index in [-0.39, 0.29) is 12.5 Å². The minimum atomic E-state index is -0.199. The highest BCUT2D eigenvalue weighted by Crippen LogP contribution is 2.19. The van der Waals surface area contributed by atoms with E-state index >= 15 is 0 Å². The van der Waals surface area contributed by atoms with Crippen molar-refractivity contribution in [1.29, 1.82) is 0 Å². The van der Waals surface area contributed by atoms with Crippen LogP contribution in [0, 0.1) is 13.8 Å². The molecule has 0 bridgehead atoms. The molecular formula is C20H21N3O2. The van der Waals surface area contributed by atoms with Crippen molar-refractivity contribution in [3.8, 4) is 0 Å². The van der Waals surface area contributed by atoms with Gasteiger partial charge in [0.1, 0.15) is 0 Å². The number of anilines is 1. The molecular weight excluding hydrogens is 314 g/mol. The van der Waals surface area contributed by atoms with Crippen LogP contribution in [0.25, 0.3) is 0 Å². The highest BCUT2D eigenvalue weighted by molar-refractivity contribution is 6.05. The van der Waals surface area contributed by atoms with E-state index in [0.29, 0.717) is 17.8 Å². The Kier molecular flexibility index (Phi) is 4.95. The monoisotopic (exact) mass is 335 g/mol. The van der Waals surface area contributed by atoms with Crippen LogP contribution in [0.15, 0.2) is 54.7 Å². The van der Waals surface area contributed by atoms with Gasteiger partial charge in [-0.2, -0.15) is 5.10 Å². The Morgan fingerprint density at radius 1 is 1.12 bits per heavy atom. The van der Waals surface area contributed by atoms with Gasteiger partial charge in [-0.05, 0) is 36.6 Å². The Morgan fingerprint density at radius 2 is 1.88 bits per heavy atom. The van der Waals surface area contributed by atoms with Gasteiger partial charge in [0.2, 0.25) is 0 Å². The van der Waals surface area contributed by atoms with E-state index in [4.69, 9.17) is 0 Å². The van der Waals surface area contributed by atoms with Crippen molar-refractivity contribution in [3.63, 3.8) is 0 Å². The van der Waals surface area contributed by atoms with Gasteiger partial charge in [-0.1, -0.05) is 42.5 Å². The van der Waals surface area contributed by atoms with Gasteiger partial charge in [0.05, 0.1) is 24.9 Å². The summed E-state index contributed by atoms with van der Waals surface area (Å²) in [6.07, 6.45) is 1.60. The predicted octanol–water partition coefficient (Wildman–Crippen LogP) is 3.29. The fourth-order valence-electron chi connectivity index (χ4n) is 2.68. The summed E-state index contributed by atoms with van der Waals surface area (Å²) in [5.74, 6) is -0.199. The second-order valence-electron chi connectivity index (χ2n) is 6.05. The van der Waals surface area contributed by atoms with Gasteiger partial charge in [-0.15, -0.1) is 0 Å². The third kappa shape index (κ3) is 3.78. The lowest BCUT2D eigenvalue weighted by Crippen LogP contribution is -2.14. The molecule has 1 aromatic heterocycles. The average molecular weight is 335 g/mol. The Hall–Kier alpha value is -2.92. The molecule has 5 heteroatoms. The Labute approximate surface area is 146 Å². The molecule has 2 aromatic carbocycles. The molecule has 0 aliphatic carbocycles. The molecule has 0 aliphatic rings. The summed E-state index contributed by atoms with van der Waals surface area (Å²) in [4.78, 5) is 12.6. The fraction of sp³-hybridized carbons (Fsp3) is 0.200. The molecule has 1 heterocycles. The second-order valence-corrected chi connectivity index (χ2v) is 6.05. The number of amides is 1. The van der Waals surface area contributed by atoms with Gasteiger partial charge in [0.15, 0.2) is 0 Å². The lowest BCUT2D eigenvalue weighted by molar-refractivity contribution is 0.102. The van der Waals surface area contributed by atoms with E-state index in [2.05, 4.69) is 10.4 Å². The molecule has 0 saturated carbocycles. The Morgan fingerprint density at radius 3 is 2.60 bits per heavy atom. The first kappa shape index (κ1) is 16.9. The SMILES string of the molecule is Cc1ccc(CO)cc1NC(=O)c1cnn(Cc2ccccc2)c1C. The number of nitrogens with one attached hydrogen (secondary N) is 1. The van der Waals surface area contributed by atoms with Gasteiger partial charge in [-0.25, -0.2) is 0 Å². The molecule has 0 radical (unpaired) electrons. The fourth-order valence-corrected chi connectivity index (χ4v) is 2.68. The number of aliphatic hydroxyl groups excluding tert-OH is 1. The minimum absolute atomic E-state index is 0.0583. The molecule has 3 rings (SSSR count). The third-order valence-electron chi connectivity index (χ3n) is 4.26. The first-order valence-electron chi connectivity index (χ1n) is 8.16. The van der Waals surface area contributed by atoms with Gasteiger partial charge in [0, 0.05) is 11.4 Å².